The summed E-state index contributed by atoms with van der Waals surface area (Å²) < 4.78 is 44.2. The lowest BCUT2D eigenvalue weighted by atomic mass is 10.0. The number of nitrogens with zero attached hydrogens (tertiary/aromatic N) is 2. The number of ether oxygens (including phenoxy) is 2. The number of aromatic nitrogens is 1. The number of hydrogen-bond acceptors (Lipinski definition) is 8. The van der Waals surface area contributed by atoms with Crippen LogP contribution in [0.3, 0.4) is 0 Å². The summed E-state index contributed by atoms with van der Waals surface area (Å²) in [5, 5.41) is 5.58. The Hall–Kier alpha value is -2.27. The van der Waals surface area contributed by atoms with E-state index in [0.29, 0.717) is 28.5 Å². The molecule has 0 saturated heterocycles. The minimum Gasteiger partial charge on any atom is -0.454 e. The van der Waals surface area contributed by atoms with Crippen molar-refractivity contribution in [3.63, 3.8) is 0 Å². The molecule has 1 N–H and O–H groups in total. The Kier molecular flexibility index (Phi) is 5.67. The van der Waals surface area contributed by atoms with Crippen molar-refractivity contribution >= 4 is 38.8 Å². The number of rotatable bonds is 7. The lowest BCUT2D eigenvalue weighted by Gasteiger charge is -2.25. The highest BCUT2D eigenvalue weighted by Crippen LogP contribution is 2.37. The third-order valence-corrected chi connectivity index (χ3v) is 7.73. The third kappa shape index (κ3) is 4.00. The van der Waals surface area contributed by atoms with E-state index in [1.807, 2.05) is 37.2 Å². The fourth-order valence-corrected chi connectivity index (χ4v) is 5.87. The Morgan fingerprint density at radius 1 is 1.27 bits per heavy atom. The highest BCUT2D eigenvalue weighted by atomic mass is 35.5. The zero-order valence-corrected chi connectivity index (χ0v) is 18.9. The van der Waals surface area contributed by atoms with Gasteiger partial charge in [-0.2, -0.15) is 0 Å². The highest BCUT2D eigenvalue weighted by Gasteiger charge is 2.27. The van der Waals surface area contributed by atoms with Gasteiger partial charge >= 0.3 is 0 Å². The molecule has 0 aliphatic carbocycles. The largest absolute Gasteiger partial charge is 0.454 e. The number of aryl methyl sites for hydroxylation is 1. The topological polar surface area (TPSA) is 93.9 Å². The molecule has 4 rings (SSSR count). The first kappa shape index (κ1) is 21.0. The lowest BCUT2D eigenvalue weighted by molar-refractivity contribution is 0.174. The molecule has 1 aliphatic heterocycles. The second-order valence-electron chi connectivity index (χ2n) is 7.02. The van der Waals surface area contributed by atoms with Crippen LogP contribution in [-0.4, -0.2) is 39.4 Å². The van der Waals surface area contributed by atoms with E-state index in [-0.39, 0.29) is 28.6 Å². The summed E-state index contributed by atoms with van der Waals surface area (Å²) in [4.78, 5) is 2.94. The number of nitrogens with one attached hydrogen (secondary N) is 1. The Morgan fingerprint density at radius 2 is 2.03 bits per heavy atom. The van der Waals surface area contributed by atoms with Crippen LogP contribution in [0.2, 0.25) is 5.02 Å². The van der Waals surface area contributed by atoms with Gasteiger partial charge in [-0.3, -0.25) is 0 Å². The number of halogens is 1. The van der Waals surface area contributed by atoms with E-state index < -0.39 is 10.0 Å². The third-order valence-electron chi connectivity index (χ3n) is 4.80. The van der Waals surface area contributed by atoms with Gasteiger partial charge in [0.05, 0.1) is 0 Å². The van der Waals surface area contributed by atoms with Crippen molar-refractivity contribution in [3.8, 4) is 11.5 Å². The molecule has 1 aliphatic rings. The van der Waals surface area contributed by atoms with Gasteiger partial charge in [0.15, 0.2) is 11.5 Å². The van der Waals surface area contributed by atoms with Gasteiger partial charge in [-0.1, -0.05) is 22.8 Å². The van der Waals surface area contributed by atoms with Gasteiger partial charge in [0, 0.05) is 17.3 Å². The van der Waals surface area contributed by atoms with Crippen molar-refractivity contribution < 1.29 is 22.4 Å². The van der Waals surface area contributed by atoms with Crippen LogP contribution >= 0.6 is 22.9 Å². The van der Waals surface area contributed by atoms with Gasteiger partial charge in [0.25, 0.3) is 15.9 Å². The minimum absolute atomic E-state index is 0.0665. The number of fused-ring (bicyclic) bond motifs is 1. The number of thiophene rings is 1. The van der Waals surface area contributed by atoms with Crippen molar-refractivity contribution in [2.75, 3.05) is 25.6 Å². The molecular formula is C19H20ClN3O5S2. The van der Waals surface area contributed by atoms with Crippen LogP contribution in [0, 0.1) is 6.92 Å². The van der Waals surface area contributed by atoms with E-state index in [1.165, 1.54) is 11.3 Å². The maximum absolute atomic E-state index is 13.0. The smallest absolute Gasteiger partial charge is 0.265 e. The van der Waals surface area contributed by atoms with Crippen LogP contribution in [0.1, 0.15) is 22.2 Å². The molecule has 0 bridgehead atoms. The van der Waals surface area contributed by atoms with Crippen LogP contribution in [0.15, 0.2) is 39.1 Å². The maximum Gasteiger partial charge on any atom is 0.265 e. The van der Waals surface area contributed by atoms with E-state index in [1.54, 1.807) is 18.4 Å². The molecule has 0 amide bonds. The standard InChI is InChI=1S/C19H20ClN3O5S2/c1-11-18(20)19(28-21-11)22-30(24,25)17-6-7-29-16(17)9-13(23(2)3)12-4-5-14-15(8-12)27-10-26-14/h4-8,13,22H,9-10H2,1-3H3. The summed E-state index contributed by atoms with van der Waals surface area (Å²) in [7, 11) is 0.00763. The van der Waals surface area contributed by atoms with Gasteiger partial charge in [0.1, 0.15) is 15.6 Å². The number of anilines is 1. The average Bonchev–Trinajstić information content (AvgIpc) is 3.42. The molecule has 3 heterocycles. The first-order valence-corrected chi connectivity index (χ1v) is 11.8. The molecule has 0 fully saturated rings. The lowest BCUT2D eigenvalue weighted by Crippen LogP contribution is -2.23. The van der Waals surface area contributed by atoms with Crippen molar-refractivity contribution in [2.45, 2.75) is 24.3 Å². The van der Waals surface area contributed by atoms with E-state index >= 15 is 0 Å². The summed E-state index contributed by atoms with van der Waals surface area (Å²) in [5.41, 5.74) is 1.42. The van der Waals surface area contributed by atoms with E-state index in [4.69, 9.17) is 25.6 Å². The first-order chi connectivity index (χ1) is 14.3. The predicted molar refractivity (Wildman–Crippen MR) is 114 cm³/mol. The Bertz CT molecular complexity index is 1170. The SMILES string of the molecule is Cc1noc(NS(=O)(=O)c2ccsc2CC(c2ccc3c(c2)OCO3)N(C)C)c1Cl. The monoisotopic (exact) mass is 469 g/mol. The molecule has 0 spiro atoms. The summed E-state index contributed by atoms with van der Waals surface area (Å²) >= 11 is 7.44. The van der Waals surface area contributed by atoms with Crippen LogP contribution in [0.25, 0.3) is 0 Å². The predicted octanol–water partition coefficient (Wildman–Crippen LogP) is 4.07. The van der Waals surface area contributed by atoms with Gasteiger partial charge < -0.3 is 18.9 Å². The summed E-state index contributed by atoms with van der Waals surface area (Å²) in [6, 6.07) is 7.28. The highest BCUT2D eigenvalue weighted by molar-refractivity contribution is 7.93. The van der Waals surface area contributed by atoms with Gasteiger partial charge in [-0.05, 0) is 50.2 Å². The molecule has 11 heteroatoms. The Morgan fingerprint density at radius 3 is 2.73 bits per heavy atom. The quantitative estimate of drug-likeness (QED) is 0.557. The molecular weight excluding hydrogens is 450 g/mol. The van der Waals surface area contributed by atoms with Crippen molar-refractivity contribution in [2.24, 2.45) is 0 Å². The number of sulfonamides is 1. The zero-order valence-electron chi connectivity index (χ0n) is 16.5. The van der Waals surface area contributed by atoms with Crippen LogP contribution in [-0.2, 0) is 16.4 Å². The molecule has 0 saturated carbocycles. The van der Waals surface area contributed by atoms with Crippen LogP contribution in [0.5, 0.6) is 11.5 Å². The normalized spacial score (nSPS) is 14.3. The minimum atomic E-state index is -3.89. The Balaban J connectivity index is 1.62. The second-order valence-corrected chi connectivity index (χ2v) is 10.1. The van der Waals surface area contributed by atoms with Crippen LogP contribution < -0.4 is 14.2 Å². The van der Waals surface area contributed by atoms with Crippen molar-refractivity contribution in [3.05, 3.63) is 50.8 Å². The maximum atomic E-state index is 13.0. The molecule has 8 nitrogen and oxygen atoms in total. The molecule has 160 valence electrons. The van der Waals surface area contributed by atoms with E-state index in [2.05, 4.69) is 9.88 Å². The summed E-state index contributed by atoms with van der Waals surface area (Å²) in [5.74, 6) is 1.31. The van der Waals surface area contributed by atoms with E-state index in [9.17, 15) is 8.42 Å². The molecule has 2 aromatic heterocycles. The first-order valence-electron chi connectivity index (χ1n) is 9.03. The summed E-state index contributed by atoms with van der Waals surface area (Å²) in [6.45, 7) is 1.83. The molecule has 1 atom stereocenters. The fourth-order valence-electron chi connectivity index (χ4n) is 3.21. The average molecular weight is 470 g/mol. The molecule has 30 heavy (non-hydrogen) atoms. The van der Waals surface area contributed by atoms with Gasteiger partial charge in [0.2, 0.25) is 6.79 Å². The van der Waals surface area contributed by atoms with Crippen LogP contribution in [0.4, 0.5) is 5.88 Å². The zero-order chi connectivity index (χ0) is 21.5. The molecule has 1 unspecified atom stereocenters. The van der Waals surface area contributed by atoms with Crippen molar-refractivity contribution in [1.82, 2.24) is 10.1 Å². The molecule has 1 aromatic carbocycles. The van der Waals surface area contributed by atoms with E-state index in [0.717, 1.165) is 5.56 Å². The molecule has 3 aromatic rings. The fraction of sp³-hybridized carbons (Fsp3) is 0.316. The molecule has 0 radical (unpaired) electrons. The number of hydrogen-bond donors (Lipinski definition) is 1. The van der Waals surface area contributed by atoms with Gasteiger partial charge in [-0.25, -0.2) is 13.1 Å². The number of benzene rings is 1. The van der Waals surface area contributed by atoms with Gasteiger partial charge in [-0.15, -0.1) is 11.3 Å². The summed E-state index contributed by atoms with van der Waals surface area (Å²) in [6.07, 6.45) is 0.490. The number of likely N-dealkylation sites (N-methyl/N-ethyl adjacent to an activating group) is 1. The second kappa shape index (κ2) is 8.10. The van der Waals surface area contributed by atoms with Crippen molar-refractivity contribution in [1.29, 1.82) is 0 Å². The Labute approximate surface area is 183 Å².